The molecule has 0 spiro atoms. The molecule has 0 radical (unpaired) electrons. The van der Waals surface area contributed by atoms with Crippen LogP contribution in [0.1, 0.15) is 18.0 Å². The molecule has 0 unspecified atom stereocenters. The van der Waals surface area contributed by atoms with Crippen molar-refractivity contribution in [3.8, 4) is 11.5 Å². The van der Waals surface area contributed by atoms with Crippen molar-refractivity contribution in [1.29, 1.82) is 0 Å². The number of halogens is 1. The van der Waals surface area contributed by atoms with Gasteiger partial charge in [-0.2, -0.15) is 0 Å². The van der Waals surface area contributed by atoms with Gasteiger partial charge in [-0.1, -0.05) is 6.07 Å². The standard InChI is InChI=1S/C12H15NO4.ClH/c1-15-10-4-3-8(7-11(10)16-2)9-5-6-17-12(14)13-9;/h3-4,7,9H,5-6H2,1-2H3,(H,13,14);1H/t9-;/m0./s1. The van der Waals surface area contributed by atoms with Crippen LogP contribution in [0.3, 0.4) is 0 Å². The Hall–Kier alpha value is -1.62. The molecule has 1 atom stereocenters. The van der Waals surface area contributed by atoms with Crippen molar-refractivity contribution in [3.05, 3.63) is 23.8 Å². The minimum Gasteiger partial charge on any atom is -0.493 e. The van der Waals surface area contributed by atoms with E-state index < -0.39 is 0 Å². The van der Waals surface area contributed by atoms with E-state index in [0.717, 1.165) is 12.0 Å². The van der Waals surface area contributed by atoms with Gasteiger partial charge in [-0.25, -0.2) is 4.79 Å². The molecule has 0 aromatic heterocycles. The molecule has 18 heavy (non-hydrogen) atoms. The second-order valence-electron chi connectivity index (χ2n) is 3.74. The highest BCUT2D eigenvalue weighted by Crippen LogP contribution is 2.31. The molecule has 1 aliphatic heterocycles. The van der Waals surface area contributed by atoms with Crippen LogP contribution in [-0.4, -0.2) is 26.9 Å². The SMILES string of the molecule is COc1ccc([C@@H]2CCOC(=O)N2)cc1OC.Cl. The molecule has 1 aromatic carbocycles. The second-order valence-corrected chi connectivity index (χ2v) is 3.74. The molecular formula is C12H16ClNO4. The molecule has 1 heterocycles. The van der Waals surface area contributed by atoms with Crippen molar-refractivity contribution < 1.29 is 19.0 Å². The van der Waals surface area contributed by atoms with Crippen LogP contribution < -0.4 is 14.8 Å². The predicted molar refractivity (Wildman–Crippen MR) is 68.6 cm³/mol. The van der Waals surface area contributed by atoms with Gasteiger partial charge in [-0.05, 0) is 17.7 Å². The number of alkyl carbamates (subject to hydrolysis) is 1. The first kappa shape index (κ1) is 14.4. The zero-order valence-electron chi connectivity index (χ0n) is 10.3. The molecule has 1 aliphatic rings. The van der Waals surface area contributed by atoms with E-state index in [2.05, 4.69) is 5.32 Å². The Bertz CT molecular complexity index is 425. The van der Waals surface area contributed by atoms with Crippen LogP contribution in [0.2, 0.25) is 0 Å². The number of methoxy groups -OCH3 is 2. The fourth-order valence-electron chi connectivity index (χ4n) is 1.85. The molecule has 2 rings (SSSR count). The first-order valence-corrected chi connectivity index (χ1v) is 5.40. The summed E-state index contributed by atoms with van der Waals surface area (Å²) in [6.07, 6.45) is 0.373. The molecule has 1 N–H and O–H groups in total. The number of carbonyl (C=O) groups excluding carboxylic acids is 1. The van der Waals surface area contributed by atoms with E-state index >= 15 is 0 Å². The van der Waals surface area contributed by atoms with E-state index in [1.807, 2.05) is 18.2 Å². The Balaban J connectivity index is 0.00000162. The minimum absolute atomic E-state index is 0. The highest BCUT2D eigenvalue weighted by Gasteiger charge is 2.21. The van der Waals surface area contributed by atoms with E-state index in [-0.39, 0.29) is 24.5 Å². The number of amides is 1. The highest BCUT2D eigenvalue weighted by atomic mass is 35.5. The van der Waals surface area contributed by atoms with Gasteiger partial charge in [0.05, 0.1) is 26.9 Å². The van der Waals surface area contributed by atoms with Crippen LogP contribution in [0.5, 0.6) is 11.5 Å². The maximum absolute atomic E-state index is 11.1. The summed E-state index contributed by atoms with van der Waals surface area (Å²) >= 11 is 0. The number of rotatable bonds is 3. The number of hydrogen-bond donors (Lipinski definition) is 1. The van der Waals surface area contributed by atoms with Gasteiger partial charge in [0.25, 0.3) is 0 Å². The van der Waals surface area contributed by atoms with Crippen molar-refractivity contribution in [2.75, 3.05) is 20.8 Å². The smallest absolute Gasteiger partial charge is 0.407 e. The molecule has 1 aromatic rings. The van der Waals surface area contributed by atoms with Crippen LogP contribution in [-0.2, 0) is 4.74 Å². The lowest BCUT2D eigenvalue weighted by molar-refractivity contribution is 0.115. The molecule has 1 saturated heterocycles. The fraction of sp³-hybridized carbons (Fsp3) is 0.417. The van der Waals surface area contributed by atoms with Gasteiger partial charge in [0, 0.05) is 6.42 Å². The Morgan fingerprint density at radius 3 is 2.61 bits per heavy atom. The van der Waals surface area contributed by atoms with E-state index in [0.29, 0.717) is 18.1 Å². The maximum atomic E-state index is 11.1. The first-order chi connectivity index (χ1) is 8.24. The van der Waals surface area contributed by atoms with Crippen LogP contribution >= 0.6 is 12.4 Å². The monoisotopic (exact) mass is 273 g/mol. The molecule has 5 nitrogen and oxygen atoms in total. The summed E-state index contributed by atoms with van der Waals surface area (Å²) in [6, 6.07) is 5.58. The topological polar surface area (TPSA) is 56.8 Å². The van der Waals surface area contributed by atoms with Crippen LogP contribution in [0.15, 0.2) is 18.2 Å². The molecule has 0 aliphatic carbocycles. The molecule has 1 fully saturated rings. The summed E-state index contributed by atoms with van der Waals surface area (Å²) in [7, 11) is 3.18. The number of hydrogen-bond acceptors (Lipinski definition) is 4. The lowest BCUT2D eigenvalue weighted by atomic mass is 10.0. The number of nitrogens with one attached hydrogen (secondary N) is 1. The third-order valence-corrected chi connectivity index (χ3v) is 2.74. The summed E-state index contributed by atoms with van der Waals surface area (Å²) in [5.74, 6) is 1.33. The van der Waals surface area contributed by atoms with Crippen molar-refractivity contribution >= 4 is 18.5 Å². The number of benzene rings is 1. The Labute approximate surface area is 112 Å². The van der Waals surface area contributed by atoms with E-state index in [1.165, 1.54) is 0 Å². The minimum atomic E-state index is -0.379. The van der Waals surface area contributed by atoms with Crippen molar-refractivity contribution in [2.24, 2.45) is 0 Å². The molecule has 0 bridgehead atoms. The zero-order chi connectivity index (χ0) is 12.3. The quantitative estimate of drug-likeness (QED) is 0.918. The summed E-state index contributed by atoms with van der Waals surface area (Å²) in [5.41, 5.74) is 0.985. The van der Waals surface area contributed by atoms with Crippen molar-refractivity contribution in [3.63, 3.8) is 0 Å². The Kier molecular flexibility index (Phi) is 5.09. The molecule has 0 saturated carbocycles. The summed E-state index contributed by atoms with van der Waals surface area (Å²) in [4.78, 5) is 11.1. The molecule has 100 valence electrons. The number of ether oxygens (including phenoxy) is 3. The van der Waals surface area contributed by atoms with Crippen molar-refractivity contribution in [2.45, 2.75) is 12.5 Å². The van der Waals surface area contributed by atoms with Gasteiger partial charge in [-0.15, -0.1) is 12.4 Å². The molecular weight excluding hydrogens is 258 g/mol. The van der Waals surface area contributed by atoms with Crippen LogP contribution in [0.25, 0.3) is 0 Å². The largest absolute Gasteiger partial charge is 0.493 e. The summed E-state index contributed by atoms with van der Waals surface area (Å²) in [6.45, 7) is 0.435. The molecule has 1 amide bonds. The summed E-state index contributed by atoms with van der Waals surface area (Å²) < 4.78 is 15.2. The predicted octanol–water partition coefficient (Wildman–Crippen LogP) is 2.30. The van der Waals surface area contributed by atoms with Crippen LogP contribution in [0, 0.1) is 0 Å². The average molecular weight is 274 g/mol. The average Bonchev–Trinajstić information content (AvgIpc) is 2.38. The lowest BCUT2D eigenvalue weighted by Gasteiger charge is -2.24. The Morgan fingerprint density at radius 1 is 1.28 bits per heavy atom. The first-order valence-electron chi connectivity index (χ1n) is 5.40. The van der Waals surface area contributed by atoms with E-state index in [1.54, 1.807) is 14.2 Å². The third-order valence-electron chi connectivity index (χ3n) is 2.74. The fourth-order valence-corrected chi connectivity index (χ4v) is 1.85. The molecule has 6 heteroatoms. The maximum Gasteiger partial charge on any atom is 0.407 e. The third kappa shape index (κ3) is 2.98. The summed E-state index contributed by atoms with van der Waals surface area (Å²) in [5, 5.41) is 2.76. The van der Waals surface area contributed by atoms with Gasteiger partial charge in [-0.3, -0.25) is 0 Å². The van der Waals surface area contributed by atoms with Crippen LogP contribution in [0.4, 0.5) is 4.79 Å². The van der Waals surface area contributed by atoms with Gasteiger partial charge in [0.2, 0.25) is 0 Å². The second kappa shape index (κ2) is 6.35. The van der Waals surface area contributed by atoms with Gasteiger partial charge < -0.3 is 19.5 Å². The zero-order valence-corrected chi connectivity index (χ0v) is 11.1. The van der Waals surface area contributed by atoms with Gasteiger partial charge in [0.1, 0.15) is 0 Å². The van der Waals surface area contributed by atoms with E-state index in [9.17, 15) is 4.79 Å². The highest BCUT2D eigenvalue weighted by molar-refractivity contribution is 5.85. The van der Waals surface area contributed by atoms with E-state index in [4.69, 9.17) is 14.2 Å². The Morgan fingerprint density at radius 2 is 2.00 bits per heavy atom. The van der Waals surface area contributed by atoms with Gasteiger partial charge in [0.15, 0.2) is 11.5 Å². The van der Waals surface area contributed by atoms with Gasteiger partial charge >= 0.3 is 6.09 Å². The number of carbonyl (C=O) groups is 1. The number of cyclic esters (lactones) is 1. The van der Waals surface area contributed by atoms with Crippen molar-refractivity contribution in [1.82, 2.24) is 5.32 Å². The normalized spacial score (nSPS) is 18.1. The lowest BCUT2D eigenvalue weighted by Crippen LogP contribution is -2.35.